The van der Waals surface area contributed by atoms with Crippen LogP contribution in [-0.2, 0) is 0 Å². The van der Waals surface area contributed by atoms with Gasteiger partial charge < -0.3 is 0 Å². The predicted octanol–water partition coefficient (Wildman–Crippen LogP) is 10.4. The summed E-state index contributed by atoms with van der Waals surface area (Å²) < 4.78 is 0. The van der Waals surface area contributed by atoms with Gasteiger partial charge in [0.25, 0.3) is 0 Å². The molecule has 3 aliphatic rings. The molecule has 1 unspecified atom stereocenters. The van der Waals surface area contributed by atoms with Crippen LogP contribution >= 0.6 is 0 Å². The maximum atomic E-state index is 2.44. The van der Waals surface area contributed by atoms with Crippen LogP contribution in [0.25, 0.3) is 0 Å². The minimum Gasteiger partial charge on any atom is -0.0683 e. The average molecular weight is 371 g/mol. The first-order valence-electron chi connectivity index (χ1n) is 12.5. The van der Waals surface area contributed by atoms with Crippen molar-refractivity contribution in [3.8, 4) is 0 Å². The van der Waals surface area contributed by atoms with Crippen molar-refractivity contribution >= 4 is 0 Å². The fourth-order valence-electron chi connectivity index (χ4n) is 4.09. The molecule has 3 fully saturated rings. The van der Waals surface area contributed by atoms with Gasteiger partial charge in [-0.3, -0.25) is 0 Å². The molecule has 1 spiro atoms. The van der Waals surface area contributed by atoms with E-state index in [9.17, 15) is 0 Å². The van der Waals surface area contributed by atoms with Crippen molar-refractivity contribution in [3.05, 3.63) is 0 Å². The van der Waals surface area contributed by atoms with Gasteiger partial charge in [-0.2, -0.15) is 0 Å². The van der Waals surface area contributed by atoms with E-state index in [0.717, 1.165) is 16.7 Å². The zero-order valence-corrected chi connectivity index (χ0v) is 21.1. The summed E-state index contributed by atoms with van der Waals surface area (Å²) in [5, 5.41) is 0. The molecule has 1 atom stereocenters. The van der Waals surface area contributed by atoms with E-state index in [4.69, 9.17) is 0 Å². The van der Waals surface area contributed by atoms with Gasteiger partial charge in [0.05, 0.1) is 0 Å². The molecule has 0 heteroatoms. The van der Waals surface area contributed by atoms with Crippen LogP contribution in [0.3, 0.4) is 0 Å². The molecule has 0 amide bonds. The minimum absolute atomic E-state index is 0.720. The Bertz CT molecular complexity index is 241. The third-order valence-corrected chi connectivity index (χ3v) is 6.11. The summed E-state index contributed by atoms with van der Waals surface area (Å²) in [4.78, 5) is 0. The van der Waals surface area contributed by atoms with E-state index in [-0.39, 0.29) is 0 Å². The molecule has 0 bridgehead atoms. The van der Waals surface area contributed by atoms with Crippen molar-refractivity contribution in [3.63, 3.8) is 0 Å². The molecule has 3 saturated carbocycles. The summed E-state index contributed by atoms with van der Waals surface area (Å²) in [6, 6.07) is 0. The van der Waals surface area contributed by atoms with Gasteiger partial charge in [0, 0.05) is 0 Å². The monoisotopic (exact) mass is 370 g/mol. The largest absolute Gasteiger partial charge is 0.0683 e. The van der Waals surface area contributed by atoms with E-state index in [1.54, 1.807) is 19.3 Å². The molecular formula is C26H58. The first kappa shape index (κ1) is 30.7. The van der Waals surface area contributed by atoms with Crippen LogP contribution in [0.5, 0.6) is 0 Å². The molecule has 0 aromatic heterocycles. The van der Waals surface area contributed by atoms with E-state index in [1.807, 2.05) is 41.5 Å². The van der Waals surface area contributed by atoms with Gasteiger partial charge in [0.15, 0.2) is 0 Å². The Kier molecular flexibility index (Phi) is 23.3. The van der Waals surface area contributed by atoms with E-state index in [2.05, 4.69) is 34.6 Å². The van der Waals surface area contributed by atoms with E-state index in [0.29, 0.717) is 0 Å². The Morgan fingerprint density at radius 3 is 1.15 bits per heavy atom. The molecule has 3 rings (SSSR count). The van der Waals surface area contributed by atoms with Crippen LogP contribution in [0.15, 0.2) is 0 Å². The molecule has 0 radical (unpaired) electrons. The van der Waals surface area contributed by atoms with Crippen molar-refractivity contribution in [1.29, 1.82) is 0 Å². The van der Waals surface area contributed by atoms with E-state index in [1.165, 1.54) is 57.8 Å². The number of hydrogen-bond donors (Lipinski definition) is 0. The van der Waals surface area contributed by atoms with Crippen molar-refractivity contribution in [2.45, 2.75) is 153 Å². The van der Waals surface area contributed by atoms with Gasteiger partial charge in [-0.25, -0.2) is 0 Å². The summed E-state index contributed by atoms with van der Waals surface area (Å²) >= 11 is 0. The van der Waals surface area contributed by atoms with Gasteiger partial charge in [0.1, 0.15) is 0 Å². The Labute approximate surface area is 170 Å². The second-order valence-electron chi connectivity index (χ2n) is 8.11. The van der Waals surface area contributed by atoms with Crippen molar-refractivity contribution in [2.75, 3.05) is 0 Å². The van der Waals surface area contributed by atoms with Crippen LogP contribution in [0.1, 0.15) is 153 Å². The van der Waals surface area contributed by atoms with Crippen molar-refractivity contribution < 1.29 is 0 Å². The van der Waals surface area contributed by atoms with Gasteiger partial charge in [-0.1, -0.05) is 121 Å². The second kappa shape index (κ2) is 19.8. The molecular weight excluding hydrogens is 312 g/mol. The SMILES string of the molecule is CC.CC.CC.CC1CC12CCCC2.CCC.CCC1(C)CCCCC1. The lowest BCUT2D eigenvalue weighted by atomic mass is 9.74. The molecule has 162 valence electrons. The summed E-state index contributed by atoms with van der Waals surface area (Å²) in [7, 11) is 0. The third kappa shape index (κ3) is 13.2. The second-order valence-corrected chi connectivity index (χ2v) is 8.11. The smallest absolute Gasteiger partial charge is 0.0269 e. The number of hydrogen-bond acceptors (Lipinski definition) is 0. The summed E-state index contributed by atoms with van der Waals surface area (Å²) in [5.41, 5.74) is 1.62. The maximum absolute atomic E-state index is 2.44. The van der Waals surface area contributed by atoms with Crippen LogP contribution < -0.4 is 0 Å². The first-order valence-corrected chi connectivity index (χ1v) is 12.5. The minimum atomic E-state index is 0.720. The lowest BCUT2D eigenvalue weighted by Crippen LogP contribution is -2.18. The third-order valence-electron chi connectivity index (χ3n) is 6.11. The Morgan fingerprint density at radius 1 is 0.654 bits per heavy atom. The fraction of sp³-hybridized carbons (Fsp3) is 1.00. The van der Waals surface area contributed by atoms with E-state index < -0.39 is 0 Å². The standard InChI is InChI=1S/C9H18.C8H14.C3H8.3C2H6/c1-3-9(2)7-5-4-6-8-9;1-7-6-8(7)4-2-3-5-8;1-3-2;3*1-2/h3-8H2,1-2H3;7H,2-6H2,1H3;3H2,1-2H3;3*1-2H3. The highest BCUT2D eigenvalue weighted by atomic mass is 14.6. The molecule has 0 N–H and O–H groups in total. The molecule has 0 heterocycles. The maximum Gasteiger partial charge on any atom is -0.0269 e. The van der Waals surface area contributed by atoms with Gasteiger partial charge in [-0.05, 0) is 48.9 Å². The molecule has 3 aliphatic carbocycles. The zero-order chi connectivity index (χ0) is 21.1. The van der Waals surface area contributed by atoms with Gasteiger partial charge >= 0.3 is 0 Å². The van der Waals surface area contributed by atoms with Crippen LogP contribution in [0, 0.1) is 16.7 Å². The molecule has 26 heavy (non-hydrogen) atoms. The van der Waals surface area contributed by atoms with Gasteiger partial charge in [0.2, 0.25) is 0 Å². The Morgan fingerprint density at radius 2 is 0.962 bits per heavy atom. The van der Waals surface area contributed by atoms with E-state index >= 15 is 0 Å². The summed E-state index contributed by atoms with van der Waals surface area (Å²) in [6.07, 6.45) is 17.7. The first-order chi connectivity index (χ1) is 12.5. The van der Waals surface area contributed by atoms with Gasteiger partial charge in [-0.15, -0.1) is 0 Å². The molecule has 0 aromatic rings. The average Bonchev–Trinajstić information content (AvgIpc) is 3.10. The normalized spacial score (nSPS) is 23.0. The fourth-order valence-corrected chi connectivity index (χ4v) is 4.09. The Balaban J connectivity index is -0.000000286. The molecule has 0 nitrogen and oxygen atoms in total. The molecule has 0 aliphatic heterocycles. The van der Waals surface area contributed by atoms with Crippen LogP contribution in [0.2, 0.25) is 0 Å². The van der Waals surface area contributed by atoms with Crippen LogP contribution in [0.4, 0.5) is 0 Å². The molecule has 0 aromatic carbocycles. The van der Waals surface area contributed by atoms with Crippen molar-refractivity contribution in [2.24, 2.45) is 16.7 Å². The number of rotatable bonds is 1. The quantitative estimate of drug-likeness (QED) is 0.430. The highest BCUT2D eigenvalue weighted by Gasteiger charge is 2.51. The van der Waals surface area contributed by atoms with Crippen molar-refractivity contribution in [1.82, 2.24) is 0 Å². The lowest BCUT2D eigenvalue weighted by Gasteiger charge is -2.32. The topological polar surface area (TPSA) is 0 Å². The highest BCUT2D eigenvalue weighted by Crippen LogP contribution is 2.62. The summed E-state index contributed by atoms with van der Waals surface area (Å²) in [5.74, 6) is 1.09. The zero-order valence-electron chi connectivity index (χ0n) is 21.1. The van der Waals surface area contributed by atoms with Crippen LogP contribution in [-0.4, -0.2) is 0 Å². The summed E-state index contributed by atoms with van der Waals surface area (Å²) in [6.45, 7) is 23.4. The lowest BCUT2D eigenvalue weighted by molar-refractivity contribution is 0.208. The Hall–Kier alpha value is 0. The predicted molar refractivity (Wildman–Crippen MR) is 126 cm³/mol. The molecule has 0 saturated heterocycles. The highest BCUT2D eigenvalue weighted by molar-refractivity contribution is 5.02.